The van der Waals surface area contributed by atoms with Crippen LogP contribution < -0.4 is 5.19 Å². The van der Waals surface area contributed by atoms with Crippen LogP contribution in [-0.2, 0) is 6.42 Å². The van der Waals surface area contributed by atoms with Crippen LogP contribution in [0.3, 0.4) is 0 Å². The van der Waals surface area contributed by atoms with Gasteiger partial charge in [0.1, 0.15) is 0 Å². The lowest BCUT2D eigenvalue weighted by atomic mass is 9.83. The first-order valence-corrected chi connectivity index (χ1v) is 11.6. The van der Waals surface area contributed by atoms with Crippen LogP contribution in [0.4, 0.5) is 0 Å². The zero-order valence-corrected chi connectivity index (χ0v) is 15.0. The van der Waals surface area contributed by atoms with Crippen LogP contribution in [0.5, 0.6) is 0 Å². The fourth-order valence-corrected chi connectivity index (χ4v) is 6.31. The standard InChI is InChI=1S/C20H24OSi/c1-14-13-17(15-9-6-5-7-10-15)19-16(11-8-12-18(19)21)20(14)22(2,3)4/h5-7,9-10,13H,8,11-12H2,1-4H3. The topological polar surface area (TPSA) is 17.1 Å². The lowest BCUT2D eigenvalue weighted by Crippen LogP contribution is -2.44. The van der Waals surface area contributed by atoms with Crippen LogP contribution in [0.15, 0.2) is 36.4 Å². The third-order valence-electron chi connectivity index (χ3n) is 4.57. The monoisotopic (exact) mass is 308 g/mol. The van der Waals surface area contributed by atoms with Crippen LogP contribution in [0.25, 0.3) is 11.1 Å². The Hall–Kier alpha value is -1.67. The third-order valence-corrected chi connectivity index (χ3v) is 6.77. The molecule has 0 fully saturated rings. The Labute approximate surface area is 134 Å². The number of hydrogen-bond donors (Lipinski definition) is 0. The maximum absolute atomic E-state index is 12.7. The number of benzene rings is 2. The van der Waals surface area contributed by atoms with Gasteiger partial charge in [-0.15, -0.1) is 0 Å². The van der Waals surface area contributed by atoms with Gasteiger partial charge < -0.3 is 0 Å². The number of Topliss-reactive ketones (excluding diaryl/α,β-unsaturated/α-hetero) is 1. The Morgan fingerprint density at radius 3 is 2.32 bits per heavy atom. The van der Waals surface area contributed by atoms with Crippen LogP contribution in [-0.4, -0.2) is 13.9 Å². The van der Waals surface area contributed by atoms with Gasteiger partial charge in [-0.3, -0.25) is 4.79 Å². The highest BCUT2D eigenvalue weighted by Crippen LogP contribution is 2.33. The second-order valence-corrected chi connectivity index (χ2v) is 12.4. The molecule has 2 heteroatoms. The Kier molecular flexibility index (Phi) is 3.81. The first-order valence-electron chi connectivity index (χ1n) is 8.15. The molecule has 0 bridgehead atoms. The summed E-state index contributed by atoms with van der Waals surface area (Å²) in [6.45, 7) is 9.38. The minimum Gasteiger partial charge on any atom is -0.294 e. The summed E-state index contributed by atoms with van der Waals surface area (Å²) < 4.78 is 0. The summed E-state index contributed by atoms with van der Waals surface area (Å²) in [5, 5.41) is 1.51. The van der Waals surface area contributed by atoms with Gasteiger partial charge >= 0.3 is 0 Å². The van der Waals surface area contributed by atoms with Gasteiger partial charge in [-0.2, -0.15) is 0 Å². The van der Waals surface area contributed by atoms with Gasteiger partial charge in [-0.05, 0) is 36.5 Å². The second kappa shape index (κ2) is 5.51. The molecule has 0 unspecified atom stereocenters. The van der Waals surface area contributed by atoms with Crippen molar-refractivity contribution in [2.24, 2.45) is 0 Å². The molecular formula is C20H24OSi. The summed E-state index contributed by atoms with van der Waals surface area (Å²) in [7, 11) is -1.46. The molecule has 0 radical (unpaired) electrons. The second-order valence-electron chi connectivity index (χ2n) is 7.36. The van der Waals surface area contributed by atoms with Crippen LogP contribution in [0.2, 0.25) is 19.6 Å². The molecule has 0 aromatic heterocycles. The third kappa shape index (κ3) is 2.56. The lowest BCUT2D eigenvalue weighted by Gasteiger charge is -2.30. The molecule has 0 amide bonds. The van der Waals surface area contributed by atoms with Gasteiger partial charge in [0.15, 0.2) is 5.78 Å². The SMILES string of the molecule is Cc1cc(-c2ccccc2)c2c(c1[Si](C)(C)C)CCCC2=O. The molecule has 0 spiro atoms. The fraction of sp³-hybridized carbons (Fsp3) is 0.350. The predicted octanol–water partition coefficient (Wildman–Crippen LogP) is 4.73. The van der Waals surface area contributed by atoms with E-state index in [1.807, 2.05) is 6.07 Å². The Morgan fingerprint density at radius 1 is 1.00 bits per heavy atom. The molecule has 2 aromatic carbocycles. The van der Waals surface area contributed by atoms with E-state index in [-0.39, 0.29) is 0 Å². The molecular weight excluding hydrogens is 284 g/mol. The van der Waals surface area contributed by atoms with Gasteiger partial charge in [0.05, 0.1) is 8.07 Å². The summed E-state index contributed by atoms with van der Waals surface area (Å²) in [6.07, 6.45) is 2.75. The first-order chi connectivity index (χ1) is 10.4. The van der Waals surface area contributed by atoms with Gasteiger partial charge in [0.25, 0.3) is 0 Å². The normalized spacial score (nSPS) is 14.8. The van der Waals surface area contributed by atoms with Crippen molar-refractivity contribution >= 4 is 19.0 Å². The maximum Gasteiger partial charge on any atom is 0.163 e. The number of carbonyl (C=O) groups is 1. The number of rotatable bonds is 2. The van der Waals surface area contributed by atoms with Crippen molar-refractivity contribution in [1.82, 2.24) is 0 Å². The summed E-state index contributed by atoms with van der Waals surface area (Å²) in [6, 6.07) is 12.6. The van der Waals surface area contributed by atoms with E-state index in [0.717, 1.165) is 24.0 Å². The number of hydrogen-bond acceptors (Lipinski definition) is 1. The van der Waals surface area contributed by atoms with E-state index in [0.29, 0.717) is 12.2 Å². The van der Waals surface area contributed by atoms with Crippen molar-refractivity contribution in [3.05, 3.63) is 53.1 Å². The molecule has 1 aliphatic carbocycles. The maximum atomic E-state index is 12.7. The molecule has 2 aromatic rings. The highest BCUT2D eigenvalue weighted by atomic mass is 28.3. The molecule has 0 saturated heterocycles. The number of ketones is 1. The highest BCUT2D eigenvalue weighted by molar-refractivity contribution is 6.89. The van der Waals surface area contributed by atoms with Crippen molar-refractivity contribution in [2.75, 3.05) is 0 Å². The van der Waals surface area contributed by atoms with Gasteiger partial charge in [-0.1, -0.05) is 66.8 Å². The molecule has 0 N–H and O–H groups in total. The van der Waals surface area contributed by atoms with E-state index < -0.39 is 8.07 Å². The minimum absolute atomic E-state index is 0.333. The summed E-state index contributed by atoms with van der Waals surface area (Å²) in [4.78, 5) is 12.7. The molecule has 1 aliphatic rings. The van der Waals surface area contributed by atoms with Crippen LogP contribution >= 0.6 is 0 Å². The van der Waals surface area contributed by atoms with E-state index in [2.05, 4.69) is 56.9 Å². The number of fused-ring (bicyclic) bond motifs is 1. The smallest absolute Gasteiger partial charge is 0.163 e. The zero-order valence-electron chi connectivity index (χ0n) is 14.0. The molecule has 1 nitrogen and oxygen atoms in total. The zero-order chi connectivity index (χ0) is 15.9. The van der Waals surface area contributed by atoms with Gasteiger partial charge in [-0.25, -0.2) is 0 Å². The van der Waals surface area contributed by atoms with Crippen molar-refractivity contribution in [3.63, 3.8) is 0 Å². The van der Waals surface area contributed by atoms with Gasteiger partial charge in [0, 0.05) is 12.0 Å². The molecule has 22 heavy (non-hydrogen) atoms. The molecule has 0 saturated carbocycles. The Balaban J connectivity index is 2.35. The first kappa shape index (κ1) is 15.2. The fourth-order valence-electron chi connectivity index (χ4n) is 3.90. The Bertz CT molecular complexity index is 724. The van der Waals surface area contributed by atoms with E-state index in [4.69, 9.17) is 0 Å². The van der Waals surface area contributed by atoms with E-state index >= 15 is 0 Å². The number of carbonyl (C=O) groups excluding carboxylic acids is 1. The summed E-state index contributed by atoms with van der Waals surface area (Å²) >= 11 is 0. The highest BCUT2D eigenvalue weighted by Gasteiger charge is 2.30. The number of aryl methyl sites for hydroxylation is 1. The van der Waals surface area contributed by atoms with Crippen molar-refractivity contribution in [1.29, 1.82) is 0 Å². The molecule has 0 atom stereocenters. The Morgan fingerprint density at radius 2 is 1.68 bits per heavy atom. The summed E-state index contributed by atoms with van der Waals surface area (Å²) in [5.41, 5.74) is 6.04. The minimum atomic E-state index is -1.46. The van der Waals surface area contributed by atoms with Crippen molar-refractivity contribution in [3.8, 4) is 11.1 Å². The van der Waals surface area contributed by atoms with Crippen LogP contribution in [0, 0.1) is 6.92 Å². The largest absolute Gasteiger partial charge is 0.294 e. The van der Waals surface area contributed by atoms with E-state index in [9.17, 15) is 4.79 Å². The quantitative estimate of drug-likeness (QED) is 0.733. The molecule has 0 heterocycles. The average molecular weight is 308 g/mol. The van der Waals surface area contributed by atoms with E-state index in [1.54, 1.807) is 0 Å². The predicted molar refractivity (Wildman–Crippen MR) is 96.9 cm³/mol. The van der Waals surface area contributed by atoms with Crippen molar-refractivity contribution < 1.29 is 4.79 Å². The average Bonchev–Trinajstić information content (AvgIpc) is 2.46. The van der Waals surface area contributed by atoms with Crippen molar-refractivity contribution in [2.45, 2.75) is 45.8 Å². The summed E-state index contributed by atoms with van der Waals surface area (Å²) in [5.74, 6) is 0.333. The van der Waals surface area contributed by atoms with E-state index in [1.165, 1.54) is 21.9 Å². The lowest BCUT2D eigenvalue weighted by molar-refractivity contribution is 0.0973. The molecule has 3 rings (SSSR count). The molecule has 0 aliphatic heterocycles. The van der Waals surface area contributed by atoms with Crippen LogP contribution in [0.1, 0.15) is 34.3 Å². The molecule has 114 valence electrons. The van der Waals surface area contributed by atoms with Gasteiger partial charge in [0.2, 0.25) is 0 Å².